The number of aliphatic hydroxyl groups is 2. The van der Waals surface area contributed by atoms with Gasteiger partial charge in [-0.3, -0.25) is 14.9 Å². The number of carbonyl (C=O) groups excluding carboxylic acids is 2. The van der Waals surface area contributed by atoms with Crippen LogP contribution in [0.2, 0.25) is 0 Å². The van der Waals surface area contributed by atoms with E-state index >= 15 is 0 Å². The number of hydrogen-bond acceptors (Lipinski definition) is 5. The molecule has 2 amide bonds. The van der Waals surface area contributed by atoms with Crippen LogP contribution in [0.15, 0.2) is 12.2 Å². The molecule has 6 atom stereocenters. The summed E-state index contributed by atoms with van der Waals surface area (Å²) in [6, 6.07) is 0. The summed E-state index contributed by atoms with van der Waals surface area (Å²) >= 11 is 0. The van der Waals surface area contributed by atoms with Gasteiger partial charge in [0.1, 0.15) is 0 Å². The highest BCUT2D eigenvalue weighted by atomic mass is 16.5. The van der Waals surface area contributed by atoms with E-state index in [1.807, 2.05) is 6.08 Å². The summed E-state index contributed by atoms with van der Waals surface area (Å²) in [6.07, 6.45) is 8.63. The maximum Gasteiger partial charge on any atom is 0.226 e. The molecule has 0 aromatic carbocycles. The van der Waals surface area contributed by atoms with Gasteiger partial charge in [0.25, 0.3) is 0 Å². The fourth-order valence-electron chi connectivity index (χ4n) is 4.25. The van der Waals surface area contributed by atoms with E-state index in [4.69, 9.17) is 4.74 Å². The first-order chi connectivity index (χ1) is 13.4. The van der Waals surface area contributed by atoms with Crippen LogP contribution in [0.4, 0.5) is 0 Å². The van der Waals surface area contributed by atoms with Gasteiger partial charge in [-0.2, -0.15) is 0 Å². The predicted octanol–water partition coefficient (Wildman–Crippen LogP) is 2.08. The van der Waals surface area contributed by atoms with Crippen molar-refractivity contribution in [2.75, 3.05) is 0 Å². The maximum atomic E-state index is 11.5. The van der Waals surface area contributed by atoms with Crippen molar-refractivity contribution in [2.24, 2.45) is 11.8 Å². The van der Waals surface area contributed by atoms with Gasteiger partial charge >= 0.3 is 0 Å². The van der Waals surface area contributed by atoms with Crippen molar-refractivity contribution in [1.82, 2.24) is 5.32 Å². The van der Waals surface area contributed by atoms with Gasteiger partial charge in [0.2, 0.25) is 11.8 Å². The lowest BCUT2D eigenvalue weighted by Gasteiger charge is -2.18. The van der Waals surface area contributed by atoms with Crippen molar-refractivity contribution in [2.45, 2.75) is 89.6 Å². The third-order valence-corrected chi connectivity index (χ3v) is 5.59. The lowest BCUT2D eigenvalue weighted by atomic mass is 9.89. The molecule has 0 bridgehead atoms. The third-order valence-electron chi connectivity index (χ3n) is 5.59. The van der Waals surface area contributed by atoms with Gasteiger partial charge in [0, 0.05) is 32.1 Å². The SMILES string of the molecule is CC#CCC[C@H](O)/C=C/[C@@H]1[C@H]2C[C@@H](CCCCC(=O)NC(C)=O)O[C@H]2C[C@H]1O. The number of aliphatic hydroxyl groups excluding tert-OH is 2. The second-order valence-corrected chi connectivity index (χ2v) is 7.84. The molecule has 1 saturated carbocycles. The van der Waals surface area contributed by atoms with Crippen LogP contribution in [-0.2, 0) is 14.3 Å². The Kier molecular flexibility index (Phi) is 9.17. The number of unbranched alkanes of at least 4 members (excludes halogenated alkanes) is 1. The monoisotopic (exact) mass is 391 g/mol. The minimum Gasteiger partial charge on any atom is -0.392 e. The lowest BCUT2D eigenvalue weighted by Crippen LogP contribution is -2.27. The molecule has 1 heterocycles. The number of imide groups is 1. The van der Waals surface area contributed by atoms with Crippen LogP contribution in [0.25, 0.3) is 0 Å². The van der Waals surface area contributed by atoms with Gasteiger partial charge in [0.15, 0.2) is 0 Å². The van der Waals surface area contributed by atoms with Crippen LogP contribution in [0, 0.1) is 23.7 Å². The fourth-order valence-corrected chi connectivity index (χ4v) is 4.25. The Morgan fingerprint density at radius 1 is 1.32 bits per heavy atom. The van der Waals surface area contributed by atoms with E-state index in [0.29, 0.717) is 25.7 Å². The Morgan fingerprint density at radius 3 is 2.82 bits per heavy atom. The average molecular weight is 392 g/mol. The molecular formula is C22H33NO5. The Bertz CT molecular complexity index is 620. The largest absolute Gasteiger partial charge is 0.392 e. The van der Waals surface area contributed by atoms with Crippen molar-refractivity contribution in [1.29, 1.82) is 0 Å². The second kappa shape index (κ2) is 11.4. The van der Waals surface area contributed by atoms with E-state index in [9.17, 15) is 19.8 Å². The number of rotatable bonds is 9. The number of nitrogens with one attached hydrogen (secondary N) is 1. The third kappa shape index (κ3) is 7.05. The van der Waals surface area contributed by atoms with Gasteiger partial charge in [-0.05, 0) is 38.5 Å². The summed E-state index contributed by atoms with van der Waals surface area (Å²) in [5, 5.41) is 22.7. The molecule has 1 saturated heterocycles. The molecule has 0 radical (unpaired) electrons. The van der Waals surface area contributed by atoms with E-state index in [1.54, 1.807) is 13.0 Å². The molecule has 2 fully saturated rings. The van der Waals surface area contributed by atoms with Gasteiger partial charge in [-0.1, -0.05) is 18.6 Å². The van der Waals surface area contributed by atoms with Crippen LogP contribution in [0.3, 0.4) is 0 Å². The molecule has 0 aromatic heterocycles. The van der Waals surface area contributed by atoms with Crippen molar-refractivity contribution in [3.63, 3.8) is 0 Å². The topological polar surface area (TPSA) is 95.9 Å². The average Bonchev–Trinajstić information content (AvgIpc) is 3.13. The molecule has 0 aromatic rings. The highest BCUT2D eigenvalue weighted by Crippen LogP contribution is 2.45. The van der Waals surface area contributed by atoms with Crippen molar-refractivity contribution < 1.29 is 24.5 Å². The second-order valence-electron chi connectivity index (χ2n) is 7.84. The summed E-state index contributed by atoms with van der Waals surface area (Å²) in [5.74, 6) is 5.51. The first-order valence-corrected chi connectivity index (χ1v) is 10.3. The van der Waals surface area contributed by atoms with Gasteiger partial charge in [-0.15, -0.1) is 11.8 Å². The molecule has 6 nitrogen and oxygen atoms in total. The maximum absolute atomic E-state index is 11.5. The quantitative estimate of drug-likeness (QED) is 0.318. The molecule has 156 valence electrons. The smallest absolute Gasteiger partial charge is 0.226 e. The number of hydrogen-bond donors (Lipinski definition) is 3. The molecular weight excluding hydrogens is 358 g/mol. The molecule has 3 N–H and O–H groups in total. The molecule has 0 spiro atoms. The fraction of sp³-hybridized carbons (Fsp3) is 0.727. The highest BCUT2D eigenvalue weighted by molar-refractivity contribution is 5.93. The summed E-state index contributed by atoms with van der Waals surface area (Å²) in [4.78, 5) is 22.3. The first-order valence-electron chi connectivity index (χ1n) is 10.3. The summed E-state index contributed by atoms with van der Waals surface area (Å²) < 4.78 is 6.11. The Labute approximate surface area is 167 Å². The normalized spacial score (nSPS) is 29.9. The summed E-state index contributed by atoms with van der Waals surface area (Å²) in [5.41, 5.74) is 0. The Hall–Kier alpha value is -1.68. The van der Waals surface area contributed by atoms with Crippen LogP contribution in [0.5, 0.6) is 0 Å². The van der Waals surface area contributed by atoms with Crippen LogP contribution in [0.1, 0.15) is 65.2 Å². The lowest BCUT2D eigenvalue weighted by molar-refractivity contribution is -0.129. The van der Waals surface area contributed by atoms with E-state index in [0.717, 1.165) is 25.7 Å². The van der Waals surface area contributed by atoms with Crippen molar-refractivity contribution in [3.05, 3.63) is 12.2 Å². The number of amides is 2. The van der Waals surface area contributed by atoms with Crippen molar-refractivity contribution >= 4 is 11.8 Å². The Morgan fingerprint density at radius 2 is 2.11 bits per heavy atom. The van der Waals surface area contributed by atoms with Crippen molar-refractivity contribution in [3.8, 4) is 11.8 Å². The Balaban J connectivity index is 1.73. The van der Waals surface area contributed by atoms with E-state index in [1.165, 1.54) is 6.92 Å². The van der Waals surface area contributed by atoms with Crippen LogP contribution >= 0.6 is 0 Å². The number of carbonyl (C=O) groups is 2. The predicted molar refractivity (Wildman–Crippen MR) is 106 cm³/mol. The van der Waals surface area contributed by atoms with E-state index in [-0.39, 0.29) is 35.9 Å². The zero-order valence-corrected chi connectivity index (χ0v) is 16.9. The van der Waals surface area contributed by atoms with Gasteiger partial charge < -0.3 is 14.9 Å². The van der Waals surface area contributed by atoms with E-state index in [2.05, 4.69) is 17.2 Å². The molecule has 2 rings (SSSR count). The van der Waals surface area contributed by atoms with Crippen LogP contribution < -0.4 is 5.32 Å². The molecule has 28 heavy (non-hydrogen) atoms. The minimum absolute atomic E-state index is 0.0169. The molecule has 0 unspecified atom stereocenters. The zero-order chi connectivity index (χ0) is 20.5. The van der Waals surface area contributed by atoms with Gasteiger partial charge in [0.05, 0.1) is 24.4 Å². The van der Waals surface area contributed by atoms with Gasteiger partial charge in [-0.25, -0.2) is 0 Å². The number of ether oxygens (including phenoxy) is 1. The summed E-state index contributed by atoms with van der Waals surface area (Å²) in [7, 11) is 0. The van der Waals surface area contributed by atoms with Crippen LogP contribution in [-0.4, -0.2) is 46.4 Å². The molecule has 2 aliphatic rings. The van der Waals surface area contributed by atoms with E-state index < -0.39 is 12.2 Å². The standard InChI is InChI=1S/C22H33NO5/c1-3-4-5-8-16(25)11-12-18-19-13-17(28-21(19)14-20(18)26)9-6-7-10-22(27)23-15(2)24/h11-12,16-21,25-26H,5-10,13-14H2,1-2H3,(H,23,24,27)/b12-11+/t16-,17+,18+,19+,20+,21-/m0/s1. The molecule has 1 aliphatic carbocycles. The molecule has 6 heteroatoms. The highest BCUT2D eigenvalue weighted by Gasteiger charge is 2.47. The number of fused-ring (bicyclic) bond motifs is 1. The first kappa shape index (κ1) is 22.6. The zero-order valence-electron chi connectivity index (χ0n) is 16.9. The molecule has 1 aliphatic heterocycles. The summed E-state index contributed by atoms with van der Waals surface area (Å²) in [6.45, 7) is 3.12. The minimum atomic E-state index is -0.536.